The van der Waals surface area contributed by atoms with E-state index < -0.39 is 15.1 Å². The van der Waals surface area contributed by atoms with Crippen LogP contribution in [0.15, 0.2) is 30.3 Å². The van der Waals surface area contributed by atoms with Gasteiger partial charge in [-0.25, -0.2) is 8.42 Å². The summed E-state index contributed by atoms with van der Waals surface area (Å²) in [5.74, 6) is 0.0388. The van der Waals surface area contributed by atoms with Crippen molar-refractivity contribution >= 4 is 15.7 Å². The molecular weight excluding hydrogens is 312 g/mol. The van der Waals surface area contributed by atoms with Crippen LogP contribution in [0, 0.1) is 5.92 Å². The second kappa shape index (κ2) is 7.93. The van der Waals surface area contributed by atoms with Crippen molar-refractivity contribution in [2.24, 2.45) is 5.92 Å². The lowest BCUT2D eigenvalue weighted by Gasteiger charge is -2.32. The van der Waals surface area contributed by atoms with Crippen LogP contribution in [0.5, 0.6) is 0 Å². The summed E-state index contributed by atoms with van der Waals surface area (Å²) in [6, 6.07) is 10.4. The highest BCUT2D eigenvalue weighted by Gasteiger charge is 2.25. The van der Waals surface area contributed by atoms with Gasteiger partial charge in [0.15, 0.2) is 9.84 Å². The fourth-order valence-electron chi connectivity index (χ4n) is 2.77. The molecule has 0 saturated carbocycles. The van der Waals surface area contributed by atoms with E-state index in [-0.39, 0.29) is 5.91 Å². The van der Waals surface area contributed by atoms with Crippen LogP contribution in [0.3, 0.4) is 0 Å². The van der Waals surface area contributed by atoms with Gasteiger partial charge >= 0.3 is 0 Å². The molecule has 0 spiro atoms. The zero-order chi connectivity index (χ0) is 16.9. The molecule has 0 aliphatic carbocycles. The largest absolute Gasteiger partial charge is 0.355 e. The Labute approximate surface area is 139 Å². The molecule has 0 unspecified atom stereocenters. The van der Waals surface area contributed by atoms with Crippen LogP contribution in [-0.2, 0) is 21.2 Å². The van der Waals surface area contributed by atoms with Gasteiger partial charge in [-0.3, -0.25) is 9.69 Å². The van der Waals surface area contributed by atoms with E-state index in [1.165, 1.54) is 12.5 Å². The highest BCUT2D eigenvalue weighted by molar-refractivity contribution is 7.92. The van der Waals surface area contributed by atoms with Gasteiger partial charge in [-0.2, -0.15) is 0 Å². The predicted octanol–water partition coefficient (Wildman–Crippen LogP) is 1.45. The fraction of sp³-hybridized carbons (Fsp3) is 0.588. The Bertz CT molecular complexity index is 608. The Hall–Kier alpha value is -1.40. The minimum Gasteiger partial charge on any atom is -0.355 e. The van der Waals surface area contributed by atoms with Crippen LogP contribution < -0.4 is 5.32 Å². The molecule has 1 aromatic rings. The van der Waals surface area contributed by atoms with Gasteiger partial charge in [-0.1, -0.05) is 30.3 Å². The standard InChI is InChI=1S/C17H26N2O3S/c1-14(23(2,21)22)17(20)18-12-15-8-10-19(11-9-15)13-16-6-4-3-5-7-16/h3-7,14-15H,8-13H2,1-2H3,(H,18,20)/t14-/m1/s1. The number of benzene rings is 1. The third-order valence-electron chi connectivity index (χ3n) is 4.53. The minimum absolute atomic E-state index is 0.390. The molecular formula is C17H26N2O3S. The zero-order valence-corrected chi connectivity index (χ0v) is 14.7. The van der Waals surface area contributed by atoms with Crippen molar-refractivity contribution < 1.29 is 13.2 Å². The number of carbonyl (C=O) groups excluding carboxylic acids is 1. The average Bonchev–Trinajstić information content (AvgIpc) is 2.53. The number of nitrogens with zero attached hydrogens (tertiary/aromatic N) is 1. The maximum absolute atomic E-state index is 11.8. The Morgan fingerprint density at radius 1 is 1.26 bits per heavy atom. The van der Waals surface area contributed by atoms with Crippen LogP contribution >= 0.6 is 0 Å². The molecule has 1 aliphatic heterocycles. The molecule has 1 aliphatic rings. The normalized spacial score (nSPS) is 18.5. The molecule has 1 saturated heterocycles. The second-order valence-electron chi connectivity index (χ2n) is 6.42. The summed E-state index contributed by atoms with van der Waals surface area (Å²) in [7, 11) is -3.32. The van der Waals surface area contributed by atoms with Crippen molar-refractivity contribution in [3.05, 3.63) is 35.9 Å². The second-order valence-corrected chi connectivity index (χ2v) is 8.79. The molecule has 1 fully saturated rings. The van der Waals surface area contributed by atoms with Crippen molar-refractivity contribution in [1.29, 1.82) is 0 Å². The quantitative estimate of drug-likeness (QED) is 0.852. The Balaban J connectivity index is 1.72. The van der Waals surface area contributed by atoms with Crippen LogP contribution in [0.25, 0.3) is 0 Å². The first-order chi connectivity index (χ1) is 10.9. The lowest BCUT2D eigenvalue weighted by atomic mass is 9.96. The lowest BCUT2D eigenvalue weighted by molar-refractivity contribution is -0.120. The van der Waals surface area contributed by atoms with Crippen molar-refractivity contribution in [3.8, 4) is 0 Å². The summed E-state index contributed by atoms with van der Waals surface area (Å²) in [5, 5.41) is 1.81. The number of likely N-dealkylation sites (tertiary alicyclic amines) is 1. The summed E-state index contributed by atoms with van der Waals surface area (Å²) in [4.78, 5) is 14.3. The number of carbonyl (C=O) groups is 1. The molecule has 5 nitrogen and oxygen atoms in total. The van der Waals surface area contributed by atoms with Gasteiger partial charge in [0.25, 0.3) is 0 Å². The van der Waals surface area contributed by atoms with Crippen molar-refractivity contribution in [1.82, 2.24) is 10.2 Å². The smallest absolute Gasteiger partial charge is 0.238 e. The number of piperidine rings is 1. The molecule has 0 bridgehead atoms. The lowest BCUT2D eigenvalue weighted by Crippen LogP contribution is -2.42. The van der Waals surface area contributed by atoms with Crippen LogP contribution in [0.4, 0.5) is 0 Å². The van der Waals surface area contributed by atoms with Crippen molar-refractivity contribution in [3.63, 3.8) is 0 Å². The van der Waals surface area contributed by atoms with Gasteiger partial charge in [0.05, 0.1) is 0 Å². The zero-order valence-electron chi connectivity index (χ0n) is 13.9. The molecule has 6 heteroatoms. The molecule has 1 N–H and O–H groups in total. The first kappa shape index (κ1) is 17.9. The maximum Gasteiger partial charge on any atom is 0.238 e. The molecule has 1 atom stereocenters. The van der Waals surface area contributed by atoms with Crippen LogP contribution in [0.1, 0.15) is 25.3 Å². The maximum atomic E-state index is 11.8. The number of rotatable bonds is 6. The topological polar surface area (TPSA) is 66.5 Å². The Morgan fingerprint density at radius 2 is 1.87 bits per heavy atom. The fourth-order valence-corrected chi connectivity index (χ4v) is 3.25. The van der Waals surface area contributed by atoms with E-state index in [0.717, 1.165) is 38.7 Å². The summed E-state index contributed by atoms with van der Waals surface area (Å²) in [6.45, 7) is 4.99. The Morgan fingerprint density at radius 3 is 2.43 bits per heavy atom. The highest BCUT2D eigenvalue weighted by Crippen LogP contribution is 2.18. The summed E-state index contributed by atoms with van der Waals surface area (Å²) in [6.07, 6.45) is 3.15. The van der Waals surface area contributed by atoms with E-state index in [2.05, 4.69) is 34.5 Å². The van der Waals surface area contributed by atoms with Crippen LogP contribution in [-0.4, -0.2) is 50.4 Å². The Kier molecular flexibility index (Phi) is 6.18. The predicted molar refractivity (Wildman–Crippen MR) is 91.8 cm³/mol. The van der Waals surface area contributed by atoms with Gasteiger partial charge in [0.1, 0.15) is 5.25 Å². The SMILES string of the molecule is C[C@H](C(=O)NCC1CCN(Cc2ccccc2)CC1)S(C)(=O)=O. The molecule has 128 valence electrons. The van der Waals surface area contributed by atoms with Crippen molar-refractivity contribution in [2.75, 3.05) is 25.9 Å². The molecule has 1 amide bonds. The monoisotopic (exact) mass is 338 g/mol. The molecule has 23 heavy (non-hydrogen) atoms. The van der Waals surface area contributed by atoms with E-state index in [0.29, 0.717) is 12.5 Å². The number of nitrogens with one attached hydrogen (secondary N) is 1. The summed E-state index contributed by atoms with van der Waals surface area (Å²) >= 11 is 0. The van der Waals surface area contributed by atoms with Gasteiger partial charge in [-0.05, 0) is 44.3 Å². The third kappa shape index (κ3) is 5.62. The number of sulfone groups is 1. The van der Waals surface area contributed by atoms with Gasteiger partial charge < -0.3 is 5.32 Å². The van der Waals surface area contributed by atoms with E-state index in [4.69, 9.17) is 0 Å². The minimum atomic E-state index is -3.32. The molecule has 0 aromatic heterocycles. The summed E-state index contributed by atoms with van der Waals surface area (Å²) < 4.78 is 22.7. The number of hydrogen-bond acceptors (Lipinski definition) is 4. The summed E-state index contributed by atoms with van der Waals surface area (Å²) in [5.41, 5.74) is 1.32. The van der Waals surface area contributed by atoms with Gasteiger partial charge in [0, 0.05) is 19.3 Å². The molecule has 2 rings (SSSR count). The van der Waals surface area contributed by atoms with E-state index in [1.54, 1.807) is 0 Å². The van der Waals surface area contributed by atoms with Crippen LogP contribution in [0.2, 0.25) is 0 Å². The number of amides is 1. The third-order valence-corrected chi connectivity index (χ3v) is 6.03. The first-order valence-electron chi connectivity index (χ1n) is 8.09. The average molecular weight is 338 g/mol. The molecule has 1 heterocycles. The van der Waals surface area contributed by atoms with Crippen molar-refractivity contribution in [2.45, 2.75) is 31.6 Å². The van der Waals surface area contributed by atoms with E-state index >= 15 is 0 Å². The molecule has 0 radical (unpaired) electrons. The van der Waals surface area contributed by atoms with Gasteiger partial charge in [-0.15, -0.1) is 0 Å². The number of hydrogen-bond donors (Lipinski definition) is 1. The van der Waals surface area contributed by atoms with E-state index in [1.807, 2.05) is 6.07 Å². The first-order valence-corrected chi connectivity index (χ1v) is 10.0. The van der Waals surface area contributed by atoms with E-state index in [9.17, 15) is 13.2 Å². The molecule has 1 aromatic carbocycles. The van der Waals surface area contributed by atoms with Gasteiger partial charge in [0.2, 0.25) is 5.91 Å². The highest BCUT2D eigenvalue weighted by atomic mass is 32.2.